The van der Waals surface area contributed by atoms with Crippen molar-refractivity contribution in [2.75, 3.05) is 38.7 Å². The summed E-state index contributed by atoms with van der Waals surface area (Å²) in [5.41, 5.74) is 0.211. The smallest absolute Gasteiger partial charge is 0.265 e. The third kappa shape index (κ3) is 5.52. The number of amides is 1. The third-order valence-corrected chi connectivity index (χ3v) is 6.69. The van der Waals surface area contributed by atoms with Gasteiger partial charge in [0, 0.05) is 13.1 Å². The van der Waals surface area contributed by atoms with Crippen molar-refractivity contribution in [2.24, 2.45) is 0 Å². The van der Waals surface area contributed by atoms with Crippen LogP contribution in [0.1, 0.15) is 13.3 Å². The lowest BCUT2D eigenvalue weighted by molar-refractivity contribution is -0.122. The zero-order valence-corrected chi connectivity index (χ0v) is 18.2. The number of halogens is 1. The summed E-state index contributed by atoms with van der Waals surface area (Å²) in [7, 11) is -2.32. The summed E-state index contributed by atoms with van der Waals surface area (Å²) in [6.07, 6.45) is -0.522. The lowest BCUT2D eigenvalue weighted by Gasteiger charge is -2.26. The Bertz CT molecular complexity index is 1010. The molecule has 0 unspecified atom stereocenters. The van der Waals surface area contributed by atoms with Crippen molar-refractivity contribution in [2.45, 2.75) is 24.3 Å². The van der Waals surface area contributed by atoms with E-state index in [2.05, 4.69) is 5.32 Å². The second-order valence-electron chi connectivity index (χ2n) is 6.84. The Morgan fingerprint density at radius 2 is 1.87 bits per heavy atom. The van der Waals surface area contributed by atoms with Crippen molar-refractivity contribution in [1.82, 2.24) is 4.31 Å². The molecule has 0 aliphatic carbocycles. The molecule has 0 spiro atoms. The number of hydrogen-bond acceptors (Lipinski definition) is 6. The fourth-order valence-corrected chi connectivity index (χ4v) is 4.53. The summed E-state index contributed by atoms with van der Waals surface area (Å²) in [5, 5.41) is 2.69. The summed E-state index contributed by atoms with van der Waals surface area (Å²) >= 11 is 0. The Kier molecular flexibility index (Phi) is 7.47. The number of carbonyl (C=O) groups is 1. The number of ether oxygens (including phenoxy) is 3. The molecule has 0 saturated carbocycles. The molecule has 1 aliphatic rings. The van der Waals surface area contributed by atoms with Gasteiger partial charge in [-0.2, -0.15) is 4.31 Å². The Morgan fingerprint density at radius 1 is 1.19 bits per heavy atom. The lowest BCUT2D eigenvalue weighted by atomic mass is 10.2. The van der Waals surface area contributed by atoms with Crippen molar-refractivity contribution < 1.29 is 31.8 Å². The van der Waals surface area contributed by atoms with Gasteiger partial charge >= 0.3 is 0 Å². The minimum absolute atomic E-state index is 0.0398. The first kappa shape index (κ1) is 23.0. The average Bonchev–Trinajstić information content (AvgIpc) is 2.79. The zero-order valence-electron chi connectivity index (χ0n) is 17.3. The molecule has 1 fully saturated rings. The summed E-state index contributed by atoms with van der Waals surface area (Å²) in [6, 6.07) is 9.64. The summed E-state index contributed by atoms with van der Waals surface area (Å²) < 4.78 is 56.5. The monoisotopic (exact) mass is 452 g/mol. The van der Waals surface area contributed by atoms with Crippen molar-refractivity contribution in [3.05, 3.63) is 48.3 Å². The molecule has 8 nitrogen and oxygen atoms in total. The van der Waals surface area contributed by atoms with Gasteiger partial charge in [-0.15, -0.1) is 0 Å². The van der Waals surface area contributed by atoms with Gasteiger partial charge in [-0.1, -0.05) is 6.92 Å². The van der Waals surface area contributed by atoms with Gasteiger partial charge in [0.25, 0.3) is 5.91 Å². The van der Waals surface area contributed by atoms with Gasteiger partial charge < -0.3 is 19.5 Å². The molecular weight excluding hydrogens is 427 g/mol. The van der Waals surface area contributed by atoms with E-state index in [0.29, 0.717) is 31.1 Å². The van der Waals surface area contributed by atoms with Gasteiger partial charge in [-0.3, -0.25) is 4.79 Å². The van der Waals surface area contributed by atoms with Crippen LogP contribution in [-0.4, -0.2) is 58.1 Å². The molecule has 31 heavy (non-hydrogen) atoms. The maximum Gasteiger partial charge on any atom is 0.265 e. The SMILES string of the molecule is CC[C@@H](Oc1ccc(F)cc1)C(=O)Nc1cc(S(=O)(=O)N2CCOCC2)ccc1OC. The van der Waals surface area contributed by atoms with Gasteiger partial charge in [0.15, 0.2) is 6.10 Å². The molecule has 1 aliphatic heterocycles. The molecule has 1 N–H and O–H groups in total. The number of anilines is 1. The Morgan fingerprint density at radius 3 is 2.48 bits per heavy atom. The van der Waals surface area contributed by atoms with E-state index in [1.165, 1.54) is 53.9 Å². The van der Waals surface area contributed by atoms with Crippen LogP contribution < -0.4 is 14.8 Å². The summed E-state index contributed by atoms with van der Waals surface area (Å²) in [6.45, 7) is 2.96. The summed E-state index contributed by atoms with van der Waals surface area (Å²) in [5.74, 6) is -0.233. The summed E-state index contributed by atoms with van der Waals surface area (Å²) in [4.78, 5) is 12.8. The first-order chi connectivity index (χ1) is 14.8. The van der Waals surface area contributed by atoms with Crippen LogP contribution >= 0.6 is 0 Å². The molecule has 10 heteroatoms. The van der Waals surface area contributed by atoms with Crippen molar-refractivity contribution in [3.8, 4) is 11.5 Å². The van der Waals surface area contributed by atoms with E-state index < -0.39 is 27.9 Å². The predicted octanol–water partition coefficient (Wildman–Crippen LogP) is 2.65. The second-order valence-corrected chi connectivity index (χ2v) is 8.77. The molecule has 2 aromatic carbocycles. The molecule has 1 atom stereocenters. The Hall–Kier alpha value is -2.69. The largest absolute Gasteiger partial charge is 0.495 e. The number of methoxy groups -OCH3 is 1. The molecule has 0 radical (unpaired) electrons. The molecule has 2 aromatic rings. The highest BCUT2D eigenvalue weighted by atomic mass is 32.2. The first-order valence-corrected chi connectivity index (χ1v) is 11.3. The van der Waals surface area contributed by atoms with Crippen LogP contribution in [0.5, 0.6) is 11.5 Å². The fraction of sp³-hybridized carbons (Fsp3) is 0.381. The number of hydrogen-bond donors (Lipinski definition) is 1. The standard InChI is InChI=1S/C21H25FN2O6S/c1-3-19(30-16-6-4-15(22)5-7-16)21(25)23-18-14-17(8-9-20(18)28-2)31(26,27)24-10-12-29-13-11-24/h4-9,14,19H,3,10-13H2,1-2H3,(H,23,25)/t19-/m1/s1. The molecule has 3 rings (SSSR count). The van der Waals surface area contributed by atoms with E-state index in [9.17, 15) is 17.6 Å². The Labute approximate surface area is 181 Å². The van der Waals surface area contributed by atoms with E-state index in [-0.39, 0.29) is 23.7 Å². The van der Waals surface area contributed by atoms with Gasteiger partial charge in [0.05, 0.1) is 30.9 Å². The highest BCUT2D eigenvalue weighted by molar-refractivity contribution is 7.89. The van der Waals surface area contributed by atoms with Crippen LogP contribution in [-0.2, 0) is 19.6 Å². The van der Waals surface area contributed by atoms with Crippen LogP contribution in [0, 0.1) is 5.82 Å². The number of carbonyl (C=O) groups excluding carboxylic acids is 1. The van der Waals surface area contributed by atoms with Crippen LogP contribution in [0.15, 0.2) is 47.4 Å². The number of nitrogens with zero attached hydrogens (tertiary/aromatic N) is 1. The molecule has 1 saturated heterocycles. The number of nitrogens with one attached hydrogen (secondary N) is 1. The molecule has 0 aromatic heterocycles. The molecule has 1 heterocycles. The van der Waals surface area contributed by atoms with Gasteiger partial charge in [-0.25, -0.2) is 12.8 Å². The van der Waals surface area contributed by atoms with E-state index in [1.54, 1.807) is 6.92 Å². The van der Waals surface area contributed by atoms with Crippen molar-refractivity contribution in [1.29, 1.82) is 0 Å². The van der Waals surface area contributed by atoms with E-state index in [0.717, 1.165) is 0 Å². The van der Waals surface area contributed by atoms with Gasteiger partial charge in [-0.05, 0) is 48.9 Å². The Balaban J connectivity index is 1.81. The van der Waals surface area contributed by atoms with Crippen LogP contribution in [0.25, 0.3) is 0 Å². The topological polar surface area (TPSA) is 94.2 Å². The van der Waals surface area contributed by atoms with Gasteiger partial charge in [0.2, 0.25) is 10.0 Å². The maximum absolute atomic E-state index is 13.1. The van der Waals surface area contributed by atoms with Crippen LogP contribution in [0.2, 0.25) is 0 Å². The molecule has 1 amide bonds. The third-order valence-electron chi connectivity index (χ3n) is 4.79. The minimum atomic E-state index is -3.74. The van der Waals surface area contributed by atoms with Crippen LogP contribution in [0.4, 0.5) is 10.1 Å². The quantitative estimate of drug-likeness (QED) is 0.662. The van der Waals surface area contributed by atoms with E-state index in [1.807, 2.05) is 0 Å². The second kappa shape index (κ2) is 10.1. The normalized spacial score (nSPS) is 15.8. The number of benzene rings is 2. The fourth-order valence-electron chi connectivity index (χ4n) is 3.09. The number of morpholine rings is 1. The van der Waals surface area contributed by atoms with Crippen LogP contribution in [0.3, 0.4) is 0 Å². The molecular formula is C21H25FN2O6S. The van der Waals surface area contributed by atoms with Crippen molar-refractivity contribution in [3.63, 3.8) is 0 Å². The minimum Gasteiger partial charge on any atom is -0.495 e. The molecule has 0 bridgehead atoms. The van der Waals surface area contributed by atoms with Crippen molar-refractivity contribution >= 4 is 21.6 Å². The lowest BCUT2D eigenvalue weighted by Crippen LogP contribution is -2.40. The van der Waals surface area contributed by atoms with E-state index in [4.69, 9.17) is 14.2 Å². The predicted molar refractivity (Wildman–Crippen MR) is 112 cm³/mol. The zero-order chi connectivity index (χ0) is 22.4. The number of sulfonamides is 1. The highest BCUT2D eigenvalue weighted by Gasteiger charge is 2.28. The highest BCUT2D eigenvalue weighted by Crippen LogP contribution is 2.30. The average molecular weight is 453 g/mol. The number of rotatable bonds is 8. The van der Waals surface area contributed by atoms with Gasteiger partial charge in [0.1, 0.15) is 17.3 Å². The first-order valence-electron chi connectivity index (χ1n) is 9.84. The van der Waals surface area contributed by atoms with E-state index >= 15 is 0 Å². The molecule has 168 valence electrons. The maximum atomic E-state index is 13.1.